The molecule has 0 aliphatic carbocycles. The van der Waals surface area contributed by atoms with Crippen LogP contribution in [-0.4, -0.2) is 27.3 Å². The number of halogens is 1. The molecule has 0 aliphatic heterocycles. The van der Waals surface area contributed by atoms with Gasteiger partial charge in [-0.1, -0.05) is 50.2 Å². The molecule has 0 saturated heterocycles. The smallest absolute Gasteiger partial charge is 0.251 e. The lowest BCUT2D eigenvalue weighted by Gasteiger charge is -2.14. The lowest BCUT2D eigenvalue weighted by molar-refractivity contribution is 0.0916. The molecule has 3 rings (SSSR count). The third-order valence-electron chi connectivity index (χ3n) is 5.29. The molecule has 1 heterocycles. The summed E-state index contributed by atoms with van der Waals surface area (Å²) >= 11 is 3.54. The van der Waals surface area contributed by atoms with E-state index in [1.54, 1.807) is 12.1 Å². The number of amides is 1. The Bertz CT molecular complexity index is 1010. The van der Waals surface area contributed by atoms with Crippen molar-refractivity contribution in [3.63, 3.8) is 0 Å². The molecule has 0 saturated carbocycles. The zero-order valence-electron chi connectivity index (χ0n) is 17.8. The summed E-state index contributed by atoms with van der Waals surface area (Å²) in [7, 11) is 0. The van der Waals surface area contributed by atoms with Gasteiger partial charge in [0.15, 0.2) is 0 Å². The van der Waals surface area contributed by atoms with Gasteiger partial charge in [-0.2, -0.15) is 5.10 Å². The van der Waals surface area contributed by atoms with Gasteiger partial charge in [-0.15, -0.1) is 0 Å². The van der Waals surface area contributed by atoms with Crippen LogP contribution in [0.2, 0.25) is 0 Å². The van der Waals surface area contributed by atoms with Crippen molar-refractivity contribution in [1.82, 2.24) is 15.1 Å². The predicted octanol–water partition coefficient (Wildman–Crippen LogP) is 4.90. The van der Waals surface area contributed by atoms with E-state index in [1.165, 1.54) is 5.56 Å². The molecule has 0 bridgehead atoms. The van der Waals surface area contributed by atoms with Gasteiger partial charge in [-0.25, -0.2) is 0 Å². The van der Waals surface area contributed by atoms with Crippen molar-refractivity contribution in [3.05, 3.63) is 86.6 Å². The van der Waals surface area contributed by atoms with Crippen LogP contribution in [-0.2, 0) is 6.54 Å². The summed E-state index contributed by atoms with van der Waals surface area (Å²) in [4.78, 5) is 12.4. The number of aromatic nitrogens is 2. The van der Waals surface area contributed by atoms with Crippen LogP contribution in [0.15, 0.2) is 53.0 Å². The normalized spacial score (nSPS) is 12.2. The first-order valence-electron chi connectivity index (χ1n) is 10.1. The summed E-state index contributed by atoms with van der Waals surface area (Å²) < 4.78 is 2.96. The van der Waals surface area contributed by atoms with E-state index in [9.17, 15) is 9.90 Å². The second kappa shape index (κ2) is 9.58. The molecule has 1 unspecified atom stereocenters. The summed E-state index contributed by atoms with van der Waals surface area (Å²) in [5.74, 6) is 0.245. The van der Waals surface area contributed by atoms with Gasteiger partial charge in [0.25, 0.3) is 5.91 Å². The molecule has 5 nitrogen and oxygen atoms in total. The Balaban J connectivity index is 1.57. The zero-order valence-corrected chi connectivity index (χ0v) is 19.4. The first-order valence-corrected chi connectivity index (χ1v) is 10.9. The van der Waals surface area contributed by atoms with Crippen LogP contribution in [0, 0.1) is 13.8 Å². The van der Waals surface area contributed by atoms with Crippen molar-refractivity contribution in [3.8, 4) is 0 Å². The second-order valence-electron chi connectivity index (χ2n) is 7.89. The summed E-state index contributed by atoms with van der Waals surface area (Å²) in [6.07, 6.45) is -0.737. The highest BCUT2D eigenvalue weighted by Crippen LogP contribution is 2.21. The standard InChI is InChI=1S/C24H28BrN3O2/c1-15(2)19-9-11-20(12-10-19)22(29)13-26-24(30)21-7-5-18(6-8-21)14-28-17(4)23(25)16(3)27-28/h5-12,15,22,29H,13-14H2,1-4H3,(H,26,30). The number of hydrogen-bond donors (Lipinski definition) is 2. The van der Waals surface area contributed by atoms with E-state index in [0.29, 0.717) is 18.0 Å². The first kappa shape index (κ1) is 22.2. The number of nitrogens with zero attached hydrogens (tertiary/aromatic N) is 2. The Morgan fingerprint density at radius 1 is 1.07 bits per heavy atom. The molecule has 30 heavy (non-hydrogen) atoms. The number of aliphatic hydroxyl groups is 1. The molecule has 3 aromatic rings. The van der Waals surface area contributed by atoms with Gasteiger partial charge in [0.05, 0.1) is 28.5 Å². The van der Waals surface area contributed by atoms with Crippen LogP contribution in [0.5, 0.6) is 0 Å². The van der Waals surface area contributed by atoms with Crippen molar-refractivity contribution >= 4 is 21.8 Å². The van der Waals surface area contributed by atoms with Gasteiger partial charge < -0.3 is 10.4 Å². The van der Waals surface area contributed by atoms with Crippen LogP contribution >= 0.6 is 15.9 Å². The fourth-order valence-electron chi connectivity index (χ4n) is 3.28. The van der Waals surface area contributed by atoms with E-state index in [0.717, 1.165) is 27.0 Å². The summed E-state index contributed by atoms with van der Waals surface area (Å²) in [5, 5.41) is 17.7. The summed E-state index contributed by atoms with van der Waals surface area (Å²) in [6.45, 7) is 9.06. The molecule has 1 amide bonds. The Morgan fingerprint density at radius 2 is 1.67 bits per heavy atom. The molecule has 6 heteroatoms. The molecule has 1 aromatic heterocycles. The molecule has 2 aromatic carbocycles. The van der Waals surface area contributed by atoms with Crippen molar-refractivity contribution in [1.29, 1.82) is 0 Å². The maximum absolute atomic E-state index is 12.4. The fraction of sp³-hybridized carbons (Fsp3) is 0.333. The molecule has 0 spiro atoms. The third-order valence-corrected chi connectivity index (χ3v) is 6.43. The number of hydrogen-bond acceptors (Lipinski definition) is 3. The minimum absolute atomic E-state index is 0.168. The van der Waals surface area contributed by atoms with Crippen LogP contribution in [0.3, 0.4) is 0 Å². The Morgan fingerprint density at radius 3 is 2.20 bits per heavy atom. The molecule has 0 fully saturated rings. The SMILES string of the molecule is Cc1nn(Cc2ccc(C(=O)NCC(O)c3ccc(C(C)C)cc3)cc2)c(C)c1Br. The lowest BCUT2D eigenvalue weighted by atomic mass is 10.00. The van der Waals surface area contributed by atoms with Crippen molar-refractivity contribution in [2.45, 2.75) is 46.3 Å². The molecule has 2 N–H and O–H groups in total. The Labute approximate surface area is 186 Å². The number of carbonyl (C=O) groups is 1. The maximum atomic E-state index is 12.4. The number of benzene rings is 2. The number of rotatable bonds is 7. The monoisotopic (exact) mass is 469 g/mol. The molecule has 0 aliphatic rings. The molecule has 158 valence electrons. The largest absolute Gasteiger partial charge is 0.387 e. The Kier molecular flexibility index (Phi) is 7.10. The van der Waals surface area contributed by atoms with E-state index in [-0.39, 0.29) is 12.5 Å². The highest BCUT2D eigenvalue weighted by atomic mass is 79.9. The van der Waals surface area contributed by atoms with Crippen LogP contribution in [0.4, 0.5) is 0 Å². The van der Waals surface area contributed by atoms with E-state index >= 15 is 0 Å². The van der Waals surface area contributed by atoms with Crippen LogP contribution in [0.1, 0.15) is 64.3 Å². The number of carbonyl (C=O) groups excluding carboxylic acids is 1. The highest BCUT2D eigenvalue weighted by Gasteiger charge is 2.13. The minimum atomic E-state index is -0.737. The van der Waals surface area contributed by atoms with Gasteiger partial charge >= 0.3 is 0 Å². The Hall–Kier alpha value is -2.44. The van der Waals surface area contributed by atoms with Crippen molar-refractivity contribution in [2.75, 3.05) is 6.54 Å². The van der Waals surface area contributed by atoms with Crippen molar-refractivity contribution in [2.24, 2.45) is 0 Å². The maximum Gasteiger partial charge on any atom is 0.251 e. The van der Waals surface area contributed by atoms with E-state index in [1.807, 2.05) is 54.9 Å². The van der Waals surface area contributed by atoms with Crippen LogP contribution < -0.4 is 5.32 Å². The quantitative estimate of drug-likeness (QED) is 0.517. The molecular formula is C24H28BrN3O2. The summed E-state index contributed by atoms with van der Waals surface area (Å²) in [5.41, 5.74) is 5.69. The number of nitrogens with one attached hydrogen (secondary N) is 1. The minimum Gasteiger partial charge on any atom is -0.387 e. The summed E-state index contributed by atoms with van der Waals surface area (Å²) in [6, 6.07) is 15.3. The van der Waals surface area contributed by atoms with Gasteiger partial charge in [0.1, 0.15) is 0 Å². The van der Waals surface area contributed by atoms with E-state index in [4.69, 9.17) is 0 Å². The number of aliphatic hydroxyl groups excluding tert-OH is 1. The third kappa shape index (κ3) is 5.18. The van der Waals surface area contributed by atoms with E-state index in [2.05, 4.69) is 40.2 Å². The topological polar surface area (TPSA) is 67.2 Å². The molecule has 1 atom stereocenters. The van der Waals surface area contributed by atoms with Gasteiger partial charge in [-0.3, -0.25) is 9.48 Å². The fourth-order valence-corrected chi connectivity index (χ4v) is 3.56. The lowest BCUT2D eigenvalue weighted by Crippen LogP contribution is -2.28. The highest BCUT2D eigenvalue weighted by molar-refractivity contribution is 9.10. The van der Waals surface area contributed by atoms with Gasteiger partial charge in [0.2, 0.25) is 0 Å². The number of aryl methyl sites for hydroxylation is 1. The van der Waals surface area contributed by atoms with Crippen molar-refractivity contribution < 1.29 is 9.90 Å². The molecular weight excluding hydrogens is 442 g/mol. The van der Waals surface area contributed by atoms with Gasteiger partial charge in [0, 0.05) is 12.1 Å². The predicted molar refractivity (Wildman–Crippen MR) is 123 cm³/mol. The average Bonchev–Trinajstić information content (AvgIpc) is 2.98. The second-order valence-corrected chi connectivity index (χ2v) is 8.68. The zero-order chi connectivity index (χ0) is 21.8. The van der Waals surface area contributed by atoms with Crippen LogP contribution in [0.25, 0.3) is 0 Å². The van der Waals surface area contributed by atoms with Gasteiger partial charge in [-0.05, 0) is 64.5 Å². The first-order chi connectivity index (χ1) is 14.3. The van der Waals surface area contributed by atoms with E-state index < -0.39 is 6.10 Å². The molecule has 0 radical (unpaired) electrons. The average molecular weight is 470 g/mol.